The Bertz CT molecular complexity index is 575. The highest BCUT2D eigenvalue weighted by Gasteiger charge is 2.36. The van der Waals surface area contributed by atoms with E-state index in [2.05, 4.69) is 0 Å². The molecule has 5 nitrogen and oxygen atoms in total. The van der Waals surface area contributed by atoms with Crippen molar-refractivity contribution in [1.29, 1.82) is 0 Å². The van der Waals surface area contributed by atoms with Crippen LogP contribution in [0.4, 0.5) is 0 Å². The van der Waals surface area contributed by atoms with Gasteiger partial charge in [0.2, 0.25) is 0 Å². The van der Waals surface area contributed by atoms with Gasteiger partial charge in [0, 0.05) is 19.4 Å². The normalized spacial score (nSPS) is 25.0. The van der Waals surface area contributed by atoms with Crippen LogP contribution < -0.4 is 0 Å². The molecule has 2 atom stereocenters. The van der Waals surface area contributed by atoms with Crippen LogP contribution in [0.2, 0.25) is 0 Å². The summed E-state index contributed by atoms with van der Waals surface area (Å²) in [5.41, 5.74) is 0.910. The Morgan fingerprint density at radius 1 is 1.14 bits per heavy atom. The zero-order chi connectivity index (χ0) is 15.0. The van der Waals surface area contributed by atoms with Gasteiger partial charge in [0.15, 0.2) is 0 Å². The first-order valence-electron chi connectivity index (χ1n) is 7.21. The first-order valence-corrected chi connectivity index (χ1v) is 7.21. The van der Waals surface area contributed by atoms with E-state index in [-0.39, 0.29) is 30.4 Å². The summed E-state index contributed by atoms with van der Waals surface area (Å²) in [4.78, 5) is 37.1. The lowest BCUT2D eigenvalue weighted by molar-refractivity contribution is -0.156. The number of carbonyl (C=O) groups is 3. The molecule has 0 spiro atoms. The van der Waals surface area contributed by atoms with Gasteiger partial charge in [-0.15, -0.1) is 0 Å². The van der Waals surface area contributed by atoms with E-state index >= 15 is 0 Å². The van der Waals surface area contributed by atoms with E-state index in [0.717, 1.165) is 6.42 Å². The Balaban J connectivity index is 1.66. The molecule has 0 aliphatic carbocycles. The van der Waals surface area contributed by atoms with Crippen molar-refractivity contribution in [2.75, 3.05) is 6.54 Å². The molecular weight excluding hydrogens is 270 g/mol. The summed E-state index contributed by atoms with van der Waals surface area (Å²) in [6.07, 6.45) is 1.53. The number of esters is 1. The second-order valence-corrected chi connectivity index (χ2v) is 5.75. The van der Waals surface area contributed by atoms with E-state index in [4.69, 9.17) is 4.74 Å². The smallest absolute Gasteiger partial charge is 0.306 e. The number of ether oxygens (including phenoxy) is 1. The van der Waals surface area contributed by atoms with E-state index in [1.807, 2.05) is 6.92 Å². The average molecular weight is 287 g/mol. The molecule has 0 bridgehead atoms. The van der Waals surface area contributed by atoms with Crippen LogP contribution in [0, 0.1) is 5.92 Å². The predicted molar refractivity (Wildman–Crippen MR) is 74.7 cm³/mol. The number of amides is 2. The summed E-state index contributed by atoms with van der Waals surface area (Å²) in [6.45, 7) is 2.30. The predicted octanol–water partition coefficient (Wildman–Crippen LogP) is 2.01. The summed E-state index contributed by atoms with van der Waals surface area (Å²) in [5, 5.41) is 0. The maximum atomic E-state index is 12.2. The number of benzene rings is 1. The molecule has 0 unspecified atom stereocenters. The van der Waals surface area contributed by atoms with Crippen molar-refractivity contribution >= 4 is 17.8 Å². The second kappa shape index (κ2) is 5.31. The lowest BCUT2D eigenvalue weighted by Gasteiger charge is -2.27. The molecule has 1 aromatic rings. The van der Waals surface area contributed by atoms with Crippen molar-refractivity contribution in [3.63, 3.8) is 0 Å². The molecule has 3 rings (SSSR count). The molecule has 0 N–H and O–H groups in total. The van der Waals surface area contributed by atoms with Crippen molar-refractivity contribution in [2.24, 2.45) is 5.92 Å². The summed E-state index contributed by atoms with van der Waals surface area (Å²) < 4.78 is 5.28. The highest BCUT2D eigenvalue weighted by molar-refractivity contribution is 6.21. The third-order valence-corrected chi connectivity index (χ3v) is 4.03. The van der Waals surface area contributed by atoms with Crippen LogP contribution in [0.15, 0.2) is 24.3 Å². The monoisotopic (exact) mass is 287 g/mol. The minimum absolute atomic E-state index is 0.193. The molecule has 0 aromatic heterocycles. The highest BCUT2D eigenvalue weighted by atomic mass is 16.5. The number of imide groups is 1. The maximum Gasteiger partial charge on any atom is 0.306 e. The number of rotatable bonds is 3. The minimum Gasteiger partial charge on any atom is -0.462 e. The van der Waals surface area contributed by atoms with Gasteiger partial charge in [0.05, 0.1) is 11.1 Å². The van der Waals surface area contributed by atoms with E-state index in [1.54, 1.807) is 24.3 Å². The second-order valence-electron chi connectivity index (χ2n) is 5.75. The Labute approximate surface area is 122 Å². The van der Waals surface area contributed by atoms with Gasteiger partial charge in [-0.3, -0.25) is 19.3 Å². The van der Waals surface area contributed by atoms with Gasteiger partial charge in [-0.25, -0.2) is 0 Å². The van der Waals surface area contributed by atoms with Crippen LogP contribution >= 0.6 is 0 Å². The lowest BCUT2D eigenvalue weighted by atomic mass is 9.95. The van der Waals surface area contributed by atoms with Crippen molar-refractivity contribution < 1.29 is 19.1 Å². The van der Waals surface area contributed by atoms with E-state index < -0.39 is 0 Å². The molecule has 0 saturated carbocycles. The van der Waals surface area contributed by atoms with Crippen LogP contribution in [0.25, 0.3) is 0 Å². The molecule has 2 aliphatic rings. The highest BCUT2D eigenvalue weighted by Crippen LogP contribution is 2.26. The van der Waals surface area contributed by atoms with Crippen LogP contribution in [-0.2, 0) is 9.53 Å². The van der Waals surface area contributed by atoms with Crippen molar-refractivity contribution in [1.82, 2.24) is 4.90 Å². The fourth-order valence-electron chi connectivity index (χ4n) is 2.99. The van der Waals surface area contributed by atoms with Crippen LogP contribution in [0.5, 0.6) is 0 Å². The summed E-state index contributed by atoms with van der Waals surface area (Å²) in [6, 6.07) is 6.83. The first-order chi connectivity index (χ1) is 10.1. The number of hydrogen-bond acceptors (Lipinski definition) is 4. The number of carbonyl (C=O) groups excluding carboxylic acids is 3. The molecule has 21 heavy (non-hydrogen) atoms. The van der Waals surface area contributed by atoms with E-state index in [0.29, 0.717) is 29.9 Å². The standard InChI is InChI=1S/C16H17NO4/c1-10-8-11(21-14(18)9-10)6-7-17-15(19)12-4-2-3-5-13(12)16(17)20/h2-5,10-11H,6-9H2,1H3/t10-,11-/m1/s1. The van der Waals surface area contributed by atoms with Crippen LogP contribution in [0.3, 0.4) is 0 Å². The Morgan fingerprint density at radius 3 is 2.33 bits per heavy atom. The molecule has 2 heterocycles. The largest absolute Gasteiger partial charge is 0.462 e. The topological polar surface area (TPSA) is 63.7 Å². The van der Waals surface area contributed by atoms with Crippen LogP contribution in [0.1, 0.15) is 46.9 Å². The summed E-state index contributed by atoms with van der Waals surface area (Å²) in [5.74, 6) is -0.420. The average Bonchev–Trinajstić information content (AvgIpc) is 2.69. The summed E-state index contributed by atoms with van der Waals surface area (Å²) >= 11 is 0. The SMILES string of the molecule is C[C@H]1CC(=O)O[C@H](CCN2C(=O)c3ccccc3C2=O)C1. The fraction of sp³-hybridized carbons (Fsp3) is 0.438. The molecule has 0 radical (unpaired) electrons. The molecule has 1 fully saturated rings. The molecule has 5 heteroatoms. The zero-order valence-corrected chi connectivity index (χ0v) is 11.9. The molecule has 2 aliphatic heterocycles. The van der Waals surface area contributed by atoms with E-state index in [9.17, 15) is 14.4 Å². The number of nitrogens with zero attached hydrogens (tertiary/aromatic N) is 1. The molecule has 1 aromatic carbocycles. The van der Waals surface area contributed by atoms with Crippen molar-refractivity contribution in [3.05, 3.63) is 35.4 Å². The molecule has 110 valence electrons. The first kappa shape index (κ1) is 13.8. The Kier molecular flexibility index (Phi) is 3.49. The molecule has 2 amide bonds. The third kappa shape index (κ3) is 2.55. The van der Waals surface area contributed by atoms with E-state index in [1.165, 1.54) is 4.90 Å². The van der Waals surface area contributed by atoms with Gasteiger partial charge in [0.1, 0.15) is 6.10 Å². The van der Waals surface area contributed by atoms with Gasteiger partial charge in [-0.05, 0) is 24.5 Å². The van der Waals surface area contributed by atoms with Gasteiger partial charge in [-0.1, -0.05) is 19.1 Å². The number of cyclic esters (lactones) is 1. The van der Waals surface area contributed by atoms with Gasteiger partial charge < -0.3 is 4.74 Å². The quantitative estimate of drug-likeness (QED) is 0.630. The number of hydrogen-bond donors (Lipinski definition) is 0. The number of fused-ring (bicyclic) bond motifs is 1. The van der Waals surface area contributed by atoms with Crippen LogP contribution in [-0.4, -0.2) is 35.3 Å². The zero-order valence-electron chi connectivity index (χ0n) is 11.9. The fourth-order valence-corrected chi connectivity index (χ4v) is 2.99. The molecule has 1 saturated heterocycles. The van der Waals surface area contributed by atoms with Gasteiger partial charge in [-0.2, -0.15) is 0 Å². The van der Waals surface area contributed by atoms with Gasteiger partial charge >= 0.3 is 5.97 Å². The lowest BCUT2D eigenvalue weighted by Crippen LogP contribution is -2.35. The summed E-state index contributed by atoms with van der Waals surface area (Å²) in [7, 11) is 0. The van der Waals surface area contributed by atoms with Crippen molar-refractivity contribution in [2.45, 2.75) is 32.3 Å². The Hall–Kier alpha value is -2.17. The molecular formula is C16H17NO4. The Morgan fingerprint density at radius 2 is 1.76 bits per heavy atom. The van der Waals surface area contributed by atoms with Crippen molar-refractivity contribution in [3.8, 4) is 0 Å². The minimum atomic E-state index is -0.259. The van der Waals surface area contributed by atoms with Gasteiger partial charge in [0.25, 0.3) is 11.8 Å². The third-order valence-electron chi connectivity index (χ3n) is 4.03. The maximum absolute atomic E-state index is 12.2.